The van der Waals surface area contributed by atoms with E-state index in [0.717, 1.165) is 25.7 Å². The number of ether oxygens (including phenoxy) is 2. The highest BCUT2D eigenvalue weighted by atomic mass is 16.6. The van der Waals surface area contributed by atoms with Gasteiger partial charge in [0, 0.05) is 12.8 Å². The van der Waals surface area contributed by atoms with Crippen molar-refractivity contribution in [1.82, 2.24) is 0 Å². The van der Waals surface area contributed by atoms with Crippen LogP contribution in [0.25, 0.3) is 0 Å². The van der Waals surface area contributed by atoms with Crippen LogP contribution in [0, 0.1) is 0 Å². The van der Waals surface area contributed by atoms with Crippen molar-refractivity contribution < 1.29 is 19.1 Å². The summed E-state index contributed by atoms with van der Waals surface area (Å²) in [6.07, 6.45) is 18.6. The fourth-order valence-electron chi connectivity index (χ4n) is 3.23. The van der Waals surface area contributed by atoms with Gasteiger partial charge in [-0.1, -0.05) is 97.3 Å². The summed E-state index contributed by atoms with van der Waals surface area (Å²) in [6.45, 7) is 6.38. The monoisotopic (exact) mass is 398 g/mol. The summed E-state index contributed by atoms with van der Waals surface area (Å²) < 4.78 is 10.5. The van der Waals surface area contributed by atoms with Crippen molar-refractivity contribution in [2.45, 2.75) is 136 Å². The molecule has 0 aromatic heterocycles. The van der Waals surface area contributed by atoms with Crippen LogP contribution in [0.1, 0.15) is 130 Å². The molecule has 28 heavy (non-hydrogen) atoms. The average molecular weight is 399 g/mol. The molecule has 166 valence electrons. The fraction of sp³-hybridized carbons (Fsp3) is 0.917. The van der Waals surface area contributed by atoms with E-state index in [-0.39, 0.29) is 24.6 Å². The zero-order chi connectivity index (χ0) is 20.9. The molecule has 0 saturated heterocycles. The topological polar surface area (TPSA) is 52.6 Å². The molecule has 0 amide bonds. The largest absolute Gasteiger partial charge is 0.462 e. The molecule has 0 aromatic rings. The second-order valence-electron chi connectivity index (χ2n) is 8.08. The third kappa shape index (κ3) is 19.7. The second-order valence-corrected chi connectivity index (χ2v) is 8.08. The van der Waals surface area contributed by atoms with E-state index in [2.05, 4.69) is 13.8 Å². The van der Waals surface area contributed by atoms with Crippen molar-refractivity contribution in [2.75, 3.05) is 6.61 Å². The molecule has 0 saturated carbocycles. The molecule has 4 heteroatoms. The molecule has 0 N–H and O–H groups in total. The third-order valence-electron chi connectivity index (χ3n) is 5.03. The van der Waals surface area contributed by atoms with E-state index in [1.807, 2.05) is 0 Å². The molecular weight excluding hydrogens is 352 g/mol. The van der Waals surface area contributed by atoms with E-state index in [0.29, 0.717) is 12.8 Å². The van der Waals surface area contributed by atoms with Crippen LogP contribution in [0.15, 0.2) is 0 Å². The number of carbonyl (C=O) groups is 2. The zero-order valence-corrected chi connectivity index (χ0v) is 18.9. The highest BCUT2D eigenvalue weighted by molar-refractivity contribution is 5.70. The lowest BCUT2D eigenvalue weighted by Crippen LogP contribution is -2.22. The lowest BCUT2D eigenvalue weighted by atomic mass is 10.1. The minimum absolute atomic E-state index is 0.165. The number of unbranched alkanes of at least 4 members (excludes halogenated alkanes) is 13. The summed E-state index contributed by atoms with van der Waals surface area (Å²) in [5, 5.41) is 0. The van der Waals surface area contributed by atoms with E-state index in [4.69, 9.17) is 9.47 Å². The first-order chi connectivity index (χ1) is 13.6. The Labute approximate surface area is 174 Å². The van der Waals surface area contributed by atoms with Gasteiger partial charge >= 0.3 is 11.9 Å². The first-order valence-electron chi connectivity index (χ1n) is 11.9. The first-order valence-corrected chi connectivity index (χ1v) is 11.9. The van der Waals surface area contributed by atoms with Crippen LogP contribution in [0.3, 0.4) is 0 Å². The summed E-state index contributed by atoms with van der Waals surface area (Å²) >= 11 is 0. The molecule has 0 fully saturated rings. The SMILES string of the molecule is CCCCCCCCCCCC(=O)OC[C@H](C)OC(=O)CCCCCCCC. The van der Waals surface area contributed by atoms with E-state index in [9.17, 15) is 9.59 Å². The van der Waals surface area contributed by atoms with Crippen molar-refractivity contribution >= 4 is 11.9 Å². The lowest BCUT2D eigenvalue weighted by Gasteiger charge is -2.13. The van der Waals surface area contributed by atoms with Gasteiger partial charge in [-0.05, 0) is 19.8 Å². The predicted octanol–water partition coefficient (Wildman–Crippen LogP) is 7.13. The highest BCUT2D eigenvalue weighted by Gasteiger charge is 2.12. The van der Waals surface area contributed by atoms with Gasteiger partial charge in [0.1, 0.15) is 12.7 Å². The van der Waals surface area contributed by atoms with Crippen molar-refractivity contribution in [3.8, 4) is 0 Å². The van der Waals surface area contributed by atoms with Gasteiger partial charge in [-0.2, -0.15) is 0 Å². The maximum absolute atomic E-state index is 11.8. The van der Waals surface area contributed by atoms with Crippen LogP contribution in [0.5, 0.6) is 0 Å². The molecular formula is C24H46O4. The quantitative estimate of drug-likeness (QED) is 0.162. The van der Waals surface area contributed by atoms with Gasteiger partial charge in [-0.25, -0.2) is 0 Å². The second kappa shape index (κ2) is 20.7. The number of hydrogen-bond donors (Lipinski definition) is 0. The summed E-state index contributed by atoms with van der Waals surface area (Å²) in [5.74, 6) is -0.361. The number of carbonyl (C=O) groups excluding carboxylic acids is 2. The molecule has 0 heterocycles. The number of esters is 2. The molecule has 0 radical (unpaired) electrons. The Balaban J connectivity index is 3.48. The standard InChI is InChI=1S/C24H46O4/c1-4-6-8-10-12-13-14-16-17-19-23(25)27-21-22(3)28-24(26)20-18-15-11-9-7-5-2/h22H,4-21H2,1-3H3/t22-/m0/s1. The minimum atomic E-state index is -0.361. The minimum Gasteiger partial charge on any atom is -0.462 e. The van der Waals surface area contributed by atoms with Crippen molar-refractivity contribution in [2.24, 2.45) is 0 Å². The summed E-state index contributed by atoms with van der Waals surface area (Å²) in [5.41, 5.74) is 0. The Bertz CT molecular complexity index is 368. The van der Waals surface area contributed by atoms with Gasteiger partial charge in [0.2, 0.25) is 0 Å². The smallest absolute Gasteiger partial charge is 0.306 e. The fourth-order valence-corrected chi connectivity index (χ4v) is 3.23. The van der Waals surface area contributed by atoms with E-state index < -0.39 is 0 Å². The maximum Gasteiger partial charge on any atom is 0.306 e. The molecule has 0 unspecified atom stereocenters. The zero-order valence-electron chi connectivity index (χ0n) is 18.9. The van der Waals surface area contributed by atoms with Gasteiger partial charge in [0.05, 0.1) is 0 Å². The van der Waals surface area contributed by atoms with E-state index in [1.54, 1.807) is 6.92 Å². The first kappa shape index (κ1) is 26.9. The third-order valence-corrected chi connectivity index (χ3v) is 5.03. The Morgan fingerprint density at radius 3 is 1.46 bits per heavy atom. The molecule has 0 spiro atoms. The van der Waals surface area contributed by atoms with Crippen LogP contribution >= 0.6 is 0 Å². The molecule has 0 aliphatic carbocycles. The average Bonchev–Trinajstić information content (AvgIpc) is 2.67. The molecule has 1 atom stereocenters. The predicted molar refractivity (Wildman–Crippen MR) is 116 cm³/mol. The Kier molecular flexibility index (Phi) is 19.9. The van der Waals surface area contributed by atoms with Crippen LogP contribution in [0.4, 0.5) is 0 Å². The van der Waals surface area contributed by atoms with Crippen molar-refractivity contribution in [3.63, 3.8) is 0 Å². The summed E-state index contributed by atoms with van der Waals surface area (Å²) in [6, 6.07) is 0. The van der Waals surface area contributed by atoms with Gasteiger partial charge < -0.3 is 9.47 Å². The highest BCUT2D eigenvalue weighted by Crippen LogP contribution is 2.11. The molecule has 0 aliphatic rings. The van der Waals surface area contributed by atoms with E-state index >= 15 is 0 Å². The Morgan fingerprint density at radius 2 is 1.00 bits per heavy atom. The number of rotatable bonds is 20. The molecule has 0 aliphatic heterocycles. The normalized spacial score (nSPS) is 12.0. The van der Waals surface area contributed by atoms with Crippen LogP contribution in [-0.4, -0.2) is 24.6 Å². The molecule has 0 bridgehead atoms. The Hall–Kier alpha value is -1.06. The summed E-state index contributed by atoms with van der Waals surface area (Å²) in [7, 11) is 0. The van der Waals surface area contributed by atoms with Crippen LogP contribution in [0.2, 0.25) is 0 Å². The molecule has 4 nitrogen and oxygen atoms in total. The van der Waals surface area contributed by atoms with Gasteiger partial charge in [0.25, 0.3) is 0 Å². The van der Waals surface area contributed by atoms with Gasteiger partial charge in [-0.15, -0.1) is 0 Å². The molecule has 0 rings (SSSR count). The van der Waals surface area contributed by atoms with Gasteiger partial charge in [-0.3, -0.25) is 9.59 Å². The number of hydrogen-bond acceptors (Lipinski definition) is 4. The lowest BCUT2D eigenvalue weighted by molar-refractivity contribution is -0.158. The molecule has 0 aromatic carbocycles. The van der Waals surface area contributed by atoms with Crippen LogP contribution < -0.4 is 0 Å². The van der Waals surface area contributed by atoms with Crippen molar-refractivity contribution in [3.05, 3.63) is 0 Å². The van der Waals surface area contributed by atoms with E-state index in [1.165, 1.54) is 70.6 Å². The Morgan fingerprint density at radius 1 is 0.607 bits per heavy atom. The van der Waals surface area contributed by atoms with Crippen LogP contribution in [-0.2, 0) is 19.1 Å². The van der Waals surface area contributed by atoms with Crippen molar-refractivity contribution in [1.29, 1.82) is 0 Å². The van der Waals surface area contributed by atoms with Gasteiger partial charge in [0.15, 0.2) is 0 Å². The summed E-state index contributed by atoms with van der Waals surface area (Å²) in [4.78, 5) is 23.6. The maximum atomic E-state index is 11.8.